The Balaban J connectivity index is 1.99. The summed E-state index contributed by atoms with van der Waals surface area (Å²) < 4.78 is 4.95. The lowest BCUT2D eigenvalue weighted by Gasteiger charge is -2.23. The molecule has 0 aromatic heterocycles. The average molecular weight is 385 g/mol. The van der Waals surface area contributed by atoms with Gasteiger partial charge in [0.05, 0.1) is 12.2 Å². The fourth-order valence-corrected chi connectivity index (χ4v) is 2.95. The smallest absolute Gasteiger partial charge is 0.335 e. The number of phenols is 1. The second-order valence-corrected chi connectivity index (χ2v) is 6.60. The van der Waals surface area contributed by atoms with E-state index in [0.717, 1.165) is 30.5 Å². The number of phenolic OH excluding ortho intramolecular Hbond substituents is 1. The SMILES string of the molecule is CCOC(=O)CCCCN(Cc1ccc(C(=O)O)cc1)Cc1ccccc1O. The van der Waals surface area contributed by atoms with E-state index in [1.54, 1.807) is 43.3 Å². The number of carboxylic acids is 1. The van der Waals surface area contributed by atoms with Crippen LogP contribution >= 0.6 is 0 Å². The summed E-state index contributed by atoms with van der Waals surface area (Å²) in [6, 6.07) is 14.0. The highest BCUT2D eigenvalue weighted by Gasteiger charge is 2.11. The lowest BCUT2D eigenvalue weighted by molar-refractivity contribution is -0.143. The number of carbonyl (C=O) groups is 2. The highest BCUT2D eigenvalue weighted by molar-refractivity contribution is 5.87. The minimum atomic E-state index is -0.948. The molecule has 0 unspecified atom stereocenters. The van der Waals surface area contributed by atoms with Crippen LogP contribution in [0.5, 0.6) is 5.75 Å². The van der Waals surface area contributed by atoms with Gasteiger partial charge in [-0.15, -0.1) is 0 Å². The molecular formula is C22H27NO5. The second kappa shape index (κ2) is 11.1. The van der Waals surface area contributed by atoms with Gasteiger partial charge in [-0.2, -0.15) is 0 Å². The Labute approximate surface area is 165 Å². The molecule has 0 aliphatic rings. The molecule has 0 amide bonds. The zero-order chi connectivity index (χ0) is 20.4. The van der Waals surface area contributed by atoms with Crippen molar-refractivity contribution in [1.82, 2.24) is 4.90 Å². The minimum Gasteiger partial charge on any atom is -0.508 e. The monoisotopic (exact) mass is 385 g/mol. The molecule has 2 rings (SSSR count). The number of esters is 1. The van der Waals surface area contributed by atoms with Crippen LogP contribution in [0.3, 0.4) is 0 Å². The molecule has 6 nitrogen and oxygen atoms in total. The van der Waals surface area contributed by atoms with Crippen molar-refractivity contribution >= 4 is 11.9 Å². The van der Waals surface area contributed by atoms with Gasteiger partial charge in [0.15, 0.2) is 0 Å². The van der Waals surface area contributed by atoms with Crippen molar-refractivity contribution in [3.63, 3.8) is 0 Å². The van der Waals surface area contributed by atoms with E-state index in [1.165, 1.54) is 0 Å². The Morgan fingerprint density at radius 1 is 1.00 bits per heavy atom. The van der Waals surface area contributed by atoms with Gasteiger partial charge in [-0.1, -0.05) is 30.3 Å². The molecule has 150 valence electrons. The van der Waals surface area contributed by atoms with Crippen LogP contribution in [0.1, 0.15) is 47.7 Å². The standard InChI is InChI=1S/C22H27NO5/c1-2-28-21(25)9-5-6-14-23(16-19-7-3-4-8-20(19)24)15-17-10-12-18(13-11-17)22(26)27/h3-4,7-8,10-13,24H,2,5-6,9,14-16H2,1H3,(H,26,27). The number of para-hydroxylation sites is 1. The number of hydrogen-bond acceptors (Lipinski definition) is 5. The molecule has 2 aromatic rings. The van der Waals surface area contributed by atoms with Gasteiger partial charge in [0.2, 0.25) is 0 Å². The molecule has 2 N–H and O–H groups in total. The zero-order valence-electron chi connectivity index (χ0n) is 16.1. The van der Waals surface area contributed by atoms with Crippen LogP contribution in [0.25, 0.3) is 0 Å². The van der Waals surface area contributed by atoms with E-state index in [9.17, 15) is 14.7 Å². The number of nitrogens with zero attached hydrogens (tertiary/aromatic N) is 1. The molecule has 0 saturated heterocycles. The first-order chi connectivity index (χ1) is 13.5. The van der Waals surface area contributed by atoms with E-state index >= 15 is 0 Å². The predicted molar refractivity (Wildman–Crippen MR) is 106 cm³/mol. The van der Waals surface area contributed by atoms with Gasteiger partial charge in [0.25, 0.3) is 0 Å². The number of rotatable bonds is 11. The average Bonchev–Trinajstić information content (AvgIpc) is 2.67. The van der Waals surface area contributed by atoms with Gasteiger partial charge in [0.1, 0.15) is 5.75 Å². The van der Waals surface area contributed by atoms with E-state index in [0.29, 0.717) is 26.1 Å². The topological polar surface area (TPSA) is 87.1 Å². The number of unbranched alkanes of at least 4 members (excludes halogenated alkanes) is 1. The number of benzene rings is 2. The van der Waals surface area contributed by atoms with Gasteiger partial charge in [-0.25, -0.2) is 4.79 Å². The third-order valence-corrected chi connectivity index (χ3v) is 4.40. The van der Waals surface area contributed by atoms with Crippen molar-refractivity contribution in [2.45, 2.75) is 39.3 Å². The molecule has 0 heterocycles. The van der Waals surface area contributed by atoms with Crippen LogP contribution in [0.2, 0.25) is 0 Å². The molecule has 6 heteroatoms. The lowest BCUT2D eigenvalue weighted by atomic mass is 10.1. The van der Waals surface area contributed by atoms with Crippen molar-refractivity contribution < 1.29 is 24.5 Å². The Bertz CT molecular complexity index is 773. The third kappa shape index (κ3) is 7.04. The summed E-state index contributed by atoms with van der Waals surface area (Å²) in [5.41, 5.74) is 2.08. The quantitative estimate of drug-likeness (QED) is 0.452. The normalized spacial score (nSPS) is 10.8. The molecule has 0 aliphatic carbocycles. The zero-order valence-corrected chi connectivity index (χ0v) is 16.1. The highest BCUT2D eigenvalue weighted by Crippen LogP contribution is 2.20. The van der Waals surface area contributed by atoms with Crippen molar-refractivity contribution in [1.29, 1.82) is 0 Å². The summed E-state index contributed by atoms with van der Waals surface area (Å²) in [6.45, 7) is 4.11. The van der Waals surface area contributed by atoms with Crippen LogP contribution in [0, 0.1) is 0 Å². The van der Waals surface area contributed by atoms with Gasteiger partial charge >= 0.3 is 11.9 Å². The molecule has 0 aliphatic heterocycles. The highest BCUT2D eigenvalue weighted by atomic mass is 16.5. The third-order valence-electron chi connectivity index (χ3n) is 4.40. The summed E-state index contributed by atoms with van der Waals surface area (Å²) in [5, 5.41) is 19.1. The number of aromatic hydroxyl groups is 1. The van der Waals surface area contributed by atoms with Gasteiger partial charge < -0.3 is 14.9 Å². The predicted octanol–water partition coefficient (Wildman–Crippen LogP) is 3.83. The Morgan fingerprint density at radius 3 is 2.36 bits per heavy atom. The molecule has 2 aromatic carbocycles. The minimum absolute atomic E-state index is 0.181. The maximum absolute atomic E-state index is 11.5. The van der Waals surface area contributed by atoms with Crippen molar-refractivity contribution in [2.24, 2.45) is 0 Å². The van der Waals surface area contributed by atoms with E-state index in [2.05, 4.69) is 4.90 Å². The largest absolute Gasteiger partial charge is 0.508 e. The molecular weight excluding hydrogens is 358 g/mol. The van der Waals surface area contributed by atoms with E-state index < -0.39 is 5.97 Å². The maximum Gasteiger partial charge on any atom is 0.335 e. The summed E-state index contributed by atoms with van der Waals surface area (Å²) >= 11 is 0. The van der Waals surface area contributed by atoms with Crippen LogP contribution in [-0.2, 0) is 22.6 Å². The number of ether oxygens (including phenoxy) is 1. The Morgan fingerprint density at radius 2 is 1.71 bits per heavy atom. The van der Waals surface area contributed by atoms with Crippen LogP contribution < -0.4 is 0 Å². The summed E-state index contributed by atoms with van der Waals surface area (Å²) in [4.78, 5) is 24.7. The number of aromatic carboxylic acids is 1. The number of carboxylic acid groups (broad SMARTS) is 1. The summed E-state index contributed by atoms with van der Waals surface area (Å²) in [6.07, 6.45) is 1.94. The maximum atomic E-state index is 11.5. The first kappa shape index (κ1) is 21.4. The fraction of sp³-hybridized carbons (Fsp3) is 0.364. The fourth-order valence-electron chi connectivity index (χ4n) is 2.95. The second-order valence-electron chi connectivity index (χ2n) is 6.60. The first-order valence-corrected chi connectivity index (χ1v) is 9.46. The molecule has 0 saturated carbocycles. The molecule has 0 spiro atoms. The molecule has 0 atom stereocenters. The van der Waals surface area contributed by atoms with Gasteiger partial charge in [-0.3, -0.25) is 9.69 Å². The van der Waals surface area contributed by atoms with Crippen molar-refractivity contribution in [2.75, 3.05) is 13.2 Å². The van der Waals surface area contributed by atoms with Crippen LogP contribution in [0.15, 0.2) is 48.5 Å². The first-order valence-electron chi connectivity index (χ1n) is 9.46. The number of hydrogen-bond donors (Lipinski definition) is 2. The lowest BCUT2D eigenvalue weighted by Crippen LogP contribution is -2.24. The molecule has 28 heavy (non-hydrogen) atoms. The Kier molecular flexibility index (Phi) is 8.49. The molecule has 0 radical (unpaired) electrons. The van der Waals surface area contributed by atoms with Crippen molar-refractivity contribution in [3.8, 4) is 5.75 Å². The van der Waals surface area contributed by atoms with Gasteiger partial charge in [0, 0.05) is 25.1 Å². The van der Waals surface area contributed by atoms with Crippen LogP contribution in [0.4, 0.5) is 0 Å². The summed E-state index contributed by atoms with van der Waals surface area (Å²) in [5.74, 6) is -0.879. The van der Waals surface area contributed by atoms with Gasteiger partial charge in [-0.05, 0) is 50.1 Å². The van der Waals surface area contributed by atoms with Crippen LogP contribution in [-0.4, -0.2) is 40.2 Å². The van der Waals surface area contributed by atoms with E-state index in [1.807, 2.05) is 12.1 Å². The molecule has 0 bridgehead atoms. The Hall–Kier alpha value is -2.86. The van der Waals surface area contributed by atoms with E-state index in [4.69, 9.17) is 9.84 Å². The summed E-state index contributed by atoms with van der Waals surface area (Å²) in [7, 11) is 0. The molecule has 0 fully saturated rings. The number of carbonyl (C=O) groups excluding carboxylic acids is 1. The van der Waals surface area contributed by atoms with Crippen molar-refractivity contribution in [3.05, 3.63) is 65.2 Å². The van der Waals surface area contributed by atoms with E-state index in [-0.39, 0.29) is 17.3 Å².